The zero-order valence-corrected chi connectivity index (χ0v) is 17.5. The van der Waals surface area contributed by atoms with Gasteiger partial charge in [-0.05, 0) is 29.7 Å². The summed E-state index contributed by atoms with van der Waals surface area (Å²) in [5.41, 5.74) is 8.56. The van der Waals surface area contributed by atoms with Crippen LogP contribution in [0.1, 0.15) is 46.3 Å². The number of rotatable bonds is 5. The molecule has 0 saturated carbocycles. The molecule has 0 radical (unpaired) electrons. The predicted molar refractivity (Wildman–Crippen MR) is 112 cm³/mol. The molecule has 2 aromatic carbocycles. The standard InChI is InChI=1S/C20H21N3O3.C2HF3O2/c1-2-16-18(12-6-5-7-13(10-12)19(21)22)14-8-3-4-9-15(14)20(26)23(16)11-17(24)25;3-2(4,5)1(6)7/h3-10,16,18H,2,11H2,1H3,(H3,21,22)(H,24,25);(H,6,7). The van der Waals surface area contributed by atoms with Crippen molar-refractivity contribution in [1.82, 2.24) is 4.90 Å². The SMILES string of the molecule is CCC1C(c2cccc(C(=N)N)c2)c2ccccc2C(=O)N1CC(=O)O.O=C(O)C(F)(F)F. The van der Waals surface area contributed by atoms with Gasteiger partial charge in [0.2, 0.25) is 0 Å². The van der Waals surface area contributed by atoms with Crippen LogP contribution in [-0.4, -0.2) is 57.6 Å². The fourth-order valence-corrected chi connectivity index (χ4v) is 3.75. The van der Waals surface area contributed by atoms with Crippen molar-refractivity contribution in [3.8, 4) is 0 Å². The average Bonchev–Trinajstić information content (AvgIpc) is 2.75. The van der Waals surface area contributed by atoms with Crippen LogP contribution in [0.2, 0.25) is 0 Å². The number of nitrogen functional groups attached to an aromatic ring is 1. The molecule has 8 nitrogen and oxygen atoms in total. The lowest BCUT2D eigenvalue weighted by atomic mass is 9.77. The maximum atomic E-state index is 12.9. The van der Waals surface area contributed by atoms with Gasteiger partial charge in [0.05, 0.1) is 0 Å². The van der Waals surface area contributed by atoms with Gasteiger partial charge in [0, 0.05) is 23.1 Å². The smallest absolute Gasteiger partial charge is 0.480 e. The molecule has 0 spiro atoms. The van der Waals surface area contributed by atoms with E-state index in [4.69, 9.17) is 21.0 Å². The number of fused-ring (bicyclic) bond motifs is 1. The Bertz CT molecular complexity index is 1070. The van der Waals surface area contributed by atoms with Gasteiger partial charge in [-0.25, -0.2) is 4.79 Å². The van der Waals surface area contributed by atoms with E-state index in [0.717, 1.165) is 11.1 Å². The first-order chi connectivity index (χ1) is 15.4. The summed E-state index contributed by atoms with van der Waals surface area (Å²) in [4.78, 5) is 34.6. The van der Waals surface area contributed by atoms with E-state index in [2.05, 4.69) is 0 Å². The number of carboxylic acid groups (broad SMARTS) is 2. The maximum absolute atomic E-state index is 12.9. The average molecular weight is 465 g/mol. The van der Waals surface area contributed by atoms with E-state index >= 15 is 0 Å². The van der Waals surface area contributed by atoms with Crippen LogP contribution < -0.4 is 5.73 Å². The molecule has 2 aromatic rings. The normalized spacial score (nSPS) is 17.5. The highest BCUT2D eigenvalue weighted by atomic mass is 19.4. The van der Waals surface area contributed by atoms with Crippen LogP contribution in [0.15, 0.2) is 48.5 Å². The van der Waals surface area contributed by atoms with Gasteiger partial charge in [-0.1, -0.05) is 43.3 Å². The van der Waals surface area contributed by atoms with Crippen molar-refractivity contribution in [2.75, 3.05) is 6.54 Å². The fourth-order valence-electron chi connectivity index (χ4n) is 3.75. The van der Waals surface area contributed by atoms with Crippen LogP contribution in [-0.2, 0) is 9.59 Å². The van der Waals surface area contributed by atoms with E-state index in [-0.39, 0.29) is 30.2 Å². The zero-order valence-electron chi connectivity index (χ0n) is 17.5. The van der Waals surface area contributed by atoms with Crippen molar-refractivity contribution >= 4 is 23.7 Å². The number of benzene rings is 2. The van der Waals surface area contributed by atoms with Gasteiger partial charge in [0.1, 0.15) is 12.4 Å². The van der Waals surface area contributed by atoms with Crippen molar-refractivity contribution in [3.63, 3.8) is 0 Å². The Morgan fingerprint density at radius 1 is 1.12 bits per heavy atom. The highest BCUT2D eigenvalue weighted by molar-refractivity contribution is 5.99. The Labute approximate surface area is 186 Å². The van der Waals surface area contributed by atoms with Crippen LogP contribution in [0.5, 0.6) is 0 Å². The Morgan fingerprint density at radius 2 is 1.73 bits per heavy atom. The van der Waals surface area contributed by atoms with Gasteiger partial charge in [-0.2, -0.15) is 13.2 Å². The van der Waals surface area contributed by atoms with Crippen molar-refractivity contribution < 1.29 is 37.8 Å². The molecule has 1 heterocycles. The monoisotopic (exact) mass is 465 g/mol. The second kappa shape index (κ2) is 10.2. The zero-order chi connectivity index (χ0) is 24.9. The number of halogens is 3. The summed E-state index contributed by atoms with van der Waals surface area (Å²) in [6.45, 7) is 1.61. The minimum Gasteiger partial charge on any atom is -0.480 e. The lowest BCUT2D eigenvalue weighted by Gasteiger charge is -2.41. The molecule has 5 N–H and O–H groups in total. The summed E-state index contributed by atoms with van der Waals surface area (Å²) in [5.74, 6) is -4.25. The Balaban J connectivity index is 0.000000479. The molecule has 1 aliphatic heterocycles. The number of hydrogen-bond donors (Lipinski definition) is 4. The molecular weight excluding hydrogens is 443 g/mol. The number of amidine groups is 1. The molecule has 0 fully saturated rings. The Hall–Kier alpha value is -3.89. The summed E-state index contributed by atoms with van der Waals surface area (Å²) in [7, 11) is 0. The van der Waals surface area contributed by atoms with Gasteiger partial charge >= 0.3 is 18.1 Å². The largest absolute Gasteiger partial charge is 0.490 e. The van der Waals surface area contributed by atoms with Gasteiger partial charge in [-0.3, -0.25) is 15.0 Å². The van der Waals surface area contributed by atoms with Crippen LogP contribution in [0.3, 0.4) is 0 Å². The number of nitrogens with one attached hydrogen (secondary N) is 1. The number of nitrogens with zero attached hydrogens (tertiary/aromatic N) is 1. The van der Waals surface area contributed by atoms with Gasteiger partial charge in [0.25, 0.3) is 5.91 Å². The summed E-state index contributed by atoms with van der Waals surface area (Å²) in [6, 6.07) is 14.4. The third-order valence-electron chi connectivity index (χ3n) is 5.10. The molecule has 1 amide bonds. The summed E-state index contributed by atoms with van der Waals surface area (Å²) < 4.78 is 31.7. The minimum absolute atomic E-state index is 0.0255. The van der Waals surface area contributed by atoms with Crippen molar-refractivity contribution in [3.05, 3.63) is 70.8 Å². The molecule has 33 heavy (non-hydrogen) atoms. The number of nitrogens with two attached hydrogens (primary N) is 1. The van der Waals surface area contributed by atoms with E-state index < -0.39 is 18.1 Å². The van der Waals surface area contributed by atoms with Gasteiger partial charge in [0.15, 0.2) is 0 Å². The molecule has 11 heteroatoms. The lowest BCUT2D eigenvalue weighted by molar-refractivity contribution is -0.192. The first kappa shape index (κ1) is 25.4. The van der Waals surface area contributed by atoms with Crippen LogP contribution in [0.4, 0.5) is 13.2 Å². The van der Waals surface area contributed by atoms with E-state index in [1.54, 1.807) is 18.2 Å². The third-order valence-corrected chi connectivity index (χ3v) is 5.10. The number of amides is 1. The van der Waals surface area contributed by atoms with Crippen LogP contribution >= 0.6 is 0 Å². The maximum Gasteiger partial charge on any atom is 0.490 e. The Kier molecular flexibility index (Phi) is 7.81. The van der Waals surface area contributed by atoms with Crippen molar-refractivity contribution in [2.45, 2.75) is 31.5 Å². The second-order valence-corrected chi connectivity index (χ2v) is 7.21. The molecule has 2 unspecified atom stereocenters. The minimum atomic E-state index is -5.08. The molecule has 3 rings (SSSR count). The second-order valence-electron chi connectivity index (χ2n) is 7.21. The number of carboxylic acids is 2. The number of aliphatic carboxylic acids is 2. The molecular formula is C22H22F3N3O5. The number of alkyl halides is 3. The lowest BCUT2D eigenvalue weighted by Crippen LogP contribution is -2.50. The highest BCUT2D eigenvalue weighted by Crippen LogP contribution is 2.39. The van der Waals surface area contributed by atoms with Crippen molar-refractivity contribution in [2.24, 2.45) is 5.73 Å². The first-order valence-corrected chi connectivity index (χ1v) is 9.74. The van der Waals surface area contributed by atoms with E-state index in [0.29, 0.717) is 17.5 Å². The summed E-state index contributed by atoms with van der Waals surface area (Å²) in [5, 5.41) is 24.1. The summed E-state index contributed by atoms with van der Waals surface area (Å²) >= 11 is 0. The van der Waals surface area contributed by atoms with Crippen molar-refractivity contribution in [1.29, 1.82) is 5.41 Å². The van der Waals surface area contributed by atoms with E-state index in [9.17, 15) is 27.9 Å². The fraction of sp³-hybridized carbons (Fsp3) is 0.273. The first-order valence-electron chi connectivity index (χ1n) is 9.74. The third kappa shape index (κ3) is 5.88. The van der Waals surface area contributed by atoms with Crippen LogP contribution in [0, 0.1) is 5.41 Å². The highest BCUT2D eigenvalue weighted by Gasteiger charge is 2.40. The molecule has 2 atom stereocenters. The molecule has 176 valence electrons. The van der Waals surface area contributed by atoms with Gasteiger partial charge in [-0.15, -0.1) is 0 Å². The predicted octanol–water partition coefficient (Wildman–Crippen LogP) is 3.05. The van der Waals surface area contributed by atoms with Gasteiger partial charge < -0.3 is 20.8 Å². The number of carbonyl (C=O) groups is 3. The molecule has 0 bridgehead atoms. The topological polar surface area (TPSA) is 145 Å². The Morgan fingerprint density at radius 3 is 2.24 bits per heavy atom. The summed E-state index contributed by atoms with van der Waals surface area (Å²) in [6.07, 6.45) is -4.47. The van der Waals surface area contributed by atoms with Crippen LogP contribution in [0.25, 0.3) is 0 Å². The molecule has 1 aliphatic rings. The van der Waals surface area contributed by atoms with E-state index in [1.165, 1.54) is 4.90 Å². The number of carbonyl (C=O) groups excluding carboxylic acids is 1. The molecule has 0 saturated heterocycles. The molecule has 0 aromatic heterocycles. The molecule has 0 aliphatic carbocycles. The number of hydrogen-bond acceptors (Lipinski definition) is 4. The quantitative estimate of drug-likeness (QED) is 0.395. The van der Waals surface area contributed by atoms with E-state index in [1.807, 2.05) is 37.3 Å².